The summed E-state index contributed by atoms with van der Waals surface area (Å²) in [5, 5.41) is 10.3. The van der Waals surface area contributed by atoms with Crippen LogP contribution in [0.3, 0.4) is 0 Å². The van der Waals surface area contributed by atoms with E-state index >= 15 is 0 Å². The monoisotopic (exact) mass is 330 g/mol. The molecule has 0 aliphatic carbocycles. The number of hydrogen-bond acceptors (Lipinski definition) is 5. The number of carbonyl (C=O) groups excluding carboxylic acids is 1. The smallest absolute Gasteiger partial charge is 0.255 e. The van der Waals surface area contributed by atoms with E-state index < -0.39 is 6.10 Å². The molecule has 3 rings (SSSR count). The summed E-state index contributed by atoms with van der Waals surface area (Å²) < 4.78 is 10.5. The van der Waals surface area contributed by atoms with Crippen LogP contribution in [-0.4, -0.2) is 40.1 Å². The number of amides is 1. The molecule has 0 spiro atoms. The summed E-state index contributed by atoms with van der Waals surface area (Å²) in [6, 6.07) is 6.95. The van der Waals surface area contributed by atoms with Crippen LogP contribution < -0.4 is 4.74 Å². The molecule has 1 aliphatic heterocycles. The van der Waals surface area contributed by atoms with Gasteiger partial charge in [-0.3, -0.25) is 4.79 Å². The van der Waals surface area contributed by atoms with E-state index in [0.717, 1.165) is 12.8 Å². The van der Waals surface area contributed by atoms with Crippen LogP contribution in [0, 0.1) is 0 Å². The summed E-state index contributed by atoms with van der Waals surface area (Å²) in [6.45, 7) is 3.13. The number of aliphatic hydroxyl groups excluding tert-OH is 1. The van der Waals surface area contributed by atoms with E-state index in [-0.39, 0.29) is 11.9 Å². The molecule has 2 aromatic rings. The maximum Gasteiger partial charge on any atom is 0.255 e. The number of aromatic nitrogens is 1. The van der Waals surface area contributed by atoms with Gasteiger partial charge in [0.05, 0.1) is 18.4 Å². The van der Waals surface area contributed by atoms with Crippen LogP contribution in [0.5, 0.6) is 5.88 Å². The predicted octanol–water partition coefficient (Wildman–Crippen LogP) is 2.80. The van der Waals surface area contributed by atoms with Gasteiger partial charge in [0, 0.05) is 31.3 Å². The van der Waals surface area contributed by atoms with Crippen LogP contribution in [0.15, 0.2) is 41.1 Å². The Labute approximate surface area is 141 Å². The predicted molar refractivity (Wildman–Crippen MR) is 87.7 cm³/mol. The lowest BCUT2D eigenvalue weighted by atomic mass is 10.0. The Bertz CT molecular complexity index is 654. The maximum atomic E-state index is 12.7. The third-order valence-corrected chi connectivity index (χ3v) is 4.28. The van der Waals surface area contributed by atoms with Gasteiger partial charge in [-0.15, -0.1) is 0 Å². The largest absolute Gasteiger partial charge is 0.478 e. The van der Waals surface area contributed by atoms with Crippen LogP contribution in [0.25, 0.3) is 0 Å². The van der Waals surface area contributed by atoms with E-state index in [0.29, 0.717) is 36.8 Å². The summed E-state index contributed by atoms with van der Waals surface area (Å²) in [5.41, 5.74) is 0.540. The lowest BCUT2D eigenvalue weighted by molar-refractivity contribution is 0.0641. The molecular weight excluding hydrogens is 308 g/mol. The molecule has 128 valence electrons. The molecule has 2 unspecified atom stereocenters. The van der Waals surface area contributed by atoms with Gasteiger partial charge in [-0.1, -0.05) is 0 Å². The van der Waals surface area contributed by atoms with Crippen molar-refractivity contribution in [2.45, 2.75) is 38.3 Å². The summed E-state index contributed by atoms with van der Waals surface area (Å²) >= 11 is 0. The molecule has 1 amide bonds. The zero-order valence-electron chi connectivity index (χ0n) is 13.7. The van der Waals surface area contributed by atoms with Crippen molar-refractivity contribution in [3.63, 3.8) is 0 Å². The average molecular weight is 330 g/mol. The van der Waals surface area contributed by atoms with Crippen molar-refractivity contribution in [3.05, 3.63) is 48.0 Å². The molecule has 6 heteroatoms. The lowest BCUT2D eigenvalue weighted by Gasteiger charge is -2.26. The standard InChI is InChI=1S/C18H22N2O4/c1-2-23-17-8-7-13(12-19-17)18(22)20-9-3-5-14(20)11-15(21)16-6-4-10-24-16/h4,6-8,10,12,14-15,21H,2-3,5,9,11H2,1H3. The molecule has 1 N–H and O–H groups in total. The molecule has 0 bridgehead atoms. The Kier molecular flexibility index (Phi) is 5.15. The zero-order chi connectivity index (χ0) is 16.9. The van der Waals surface area contributed by atoms with Gasteiger partial charge in [0.15, 0.2) is 0 Å². The SMILES string of the molecule is CCOc1ccc(C(=O)N2CCCC2CC(O)c2ccco2)cn1. The fourth-order valence-corrected chi connectivity index (χ4v) is 3.11. The zero-order valence-corrected chi connectivity index (χ0v) is 13.7. The molecule has 6 nitrogen and oxygen atoms in total. The number of pyridine rings is 1. The van der Waals surface area contributed by atoms with Crippen LogP contribution >= 0.6 is 0 Å². The van der Waals surface area contributed by atoms with Gasteiger partial charge in [-0.05, 0) is 38.0 Å². The highest BCUT2D eigenvalue weighted by atomic mass is 16.5. The number of likely N-dealkylation sites (tertiary alicyclic amines) is 1. The van der Waals surface area contributed by atoms with E-state index in [4.69, 9.17) is 9.15 Å². The quantitative estimate of drug-likeness (QED) is 0.881. The Morgan fingerprint density at radius 1 is 1.50 bits per heavy atom. The molecule has 0 saturated carbocycles. The number of hydrogen-bond donors (Lipinski definition) is 1. The summed E-state index contributed by atoms with van der Waals surface area (Å²) in [4.78, 5) is 18.7. The van der Waals surface area contributed by atoms with E-state index in [1.165, 1.54) is 0 Å². The number of ether oxygens (including phenoxy) is 1. The van der Waals surface area contributed by atoms with Crippen LogP contribution in [0.2, 0.25) is 0 Å². The minimum atomic E-state index is -0.697. The number of aliphatic hydroxyl groups is 1. The van der Waals surface area contributed by atoms with Gasteiger partial charge in [0.1, 0.15) is 11.9 Å². The molecule has 24 heavy (non-hydrogen) atoms. The Morgan fingerprint density at radius 3 is 3.04 bits per heavy atom. The van der Waals surface area contributed by atoms with Crippen molar-refractivity contribution in [2.24, 2.45) is 0 Å². The average Bonchev–Trinajstić information content (AvgIpc) is 3.27. The third-order valence-electron chi connectivity index (χ3n) is 4.28. The Balaban J connectivity index is 1.66. The van der Waals surface area contributed by atoms with Gasteiger partial charge in [0.2, 0.25) is 5.88 Å². The first-order valence-electron chi connectivity index (χ1n) is 8.30. The van der Waals surface area contributed by atoms with Crippen molar-refractivity contribution >= 4 is 5.91 Å². The number of furan rings is 1. The van der Waals surface area contributed by atoms with E-state index in [1.807, 2.05) is 11.8 Å². The van der Waals surface area contributed by atoms with E-state index in [9.17, 15) is 9.90 Å². The highest BCUT2D eigenvalue weighted by Crippen LogP contribution is 2.28. The van der Waals surface area contributed by atoms with E-state index in [1.54, 1.807) is 36.7 Å². The fourth-order valence-electron chi connectivity index (χ4n) is 3.11. The first-order chi connectivity index (χ1) is 11.7. The van der Waals surface area contributed by atoms with E-state index in [2.05, 4.69) is 4.98 Å². The minimum absolute atomic E-state index is 0.00386. The molecule has 0 aromatic carbocycles. The number of rotatable bonds is 6. The minimum Gasteiger partial charge on any atom is -0.478 e. The molecule has 3 heterocycles. The molecule has 1 fully saturated rings. The van der Waals surface area contributed by atoms with Crippen LogP contribution in [0.4, 0.5) is 0 Å². The molecular formula is C18H22N2O4. The van der Waals surface area contributed by atoms with Crippen molar-refractivity contribution in [3.8, 4) is 5.88 Å². The second-order valence-corrected chi connectivity index (χ2v) is 5.88. The molecule has 0 radical (unpaired) electrons. The van der Waals surface area contributed by atoms with Crippen molar-refractivity contribution in [1.82, 2.24) is 9.88 Å². The highest BCUT2D eigenvalue weighted by Gasteiger charge is 2.32. The Hall–Kier alpha value is -2.34. The second kappa shape index (κ2) is 7.49. The van der Waals surface area contributed by atoms with Crippen LogP contribution in [-0.2, 0) is 0 Å². The van der Waals surface area contributed by atoms with Gasteiger partial charge < -0.3 is 19.2 Å². The molecule has 1 aliphatic rings. The van der Waals surface area contributed by atoms with Gasteiger partial charge in [0.25, 0.3) is 5.91 Å². The number of nitrogens with zero attached hydrogens (tertiary/aromatic N) is 2. The normalized spacial score (nSPS) is 18.6. The molecule has 1 saturated heterocycles. The number of carbonyl (C=O) groups is 1. The van der Waals surface area contributed by atoms with Crippen molar-refractivity contribution < 1.29 is 19.1 Å². The molecule has 2 aromatic heterocycles. The highest BCUT2D eigenvalue weighted by molar-refractivity contribution is 5.94. The summed E-state index contributed by atoms with van der Waals surface area (Å²) in [7, 11) is 0. The molecule has 2 atom stereocenters. The second-order valence-electron chi connectivity index (χ2n) is 5.88. The summed E-state index contributed by atoms with van der Waals surface area (Å²) in [5.74, 6) is 0.997. The topological polar surface area (TPSA) is 75.8 Å². The van der Waals surface area contributed by atoms with Gasteiger partial charge in [-0.2, -0.15) is 0 Å². The van der Waals surface area contributed by atoms with Crippen molar-refractivity contribution in [2.75, 3.05) is 13.2 Å². The van der Waals surface area contributed by atoms with Gasteiger partial charge >= 0.3 is 0 Å². The van der Waals surface area contributed by atoms with Crippen LogP contribution in [0.1, 0.15) is 48.4 Å². The first kappa shape index (κ1) is 16.5. The van der Waals surface area contributed by atoms with Gasteiger partial charge in [-0.25, -0.2) is 4.98 Å². The summed E-state index contributed by atoms with van der Waals surface area (Å²) in [6.07, 6.45) is 4.69. The fraction of sp³-hybridized carbons (Fsp3) is 0.444. The maximum absolute atomic E-state index is 12.7. The lowest BCUT2D eigenvalue weighted by Crippen LogP contribution is -2.36. The third kappa shape index (κ3) is 3.59. The first-order valence-corrected chi connectivity index (χ1v) is 8.30. The van der Waals surface area contributed by atoms with Crippen molar-refractivity contribution in [1.29, 1.82) is 0 Å². The Morgan fingerprint density at radius 2 is 2.38 bits per heavy atom.